The first-order chi connectivity index (χ1) is 6.76. The molecule has 1 atom stereocenters. The van der Waals surface area contributed by atoms with E-state index in [-0.39, 0.29) is 6.10 Å². The summed E-state index contributed by atoms with van der Waals surface area (Å²) < 4.78 is 5.41. The molecule has 0 radical (unpaired) electrons. The maximum absolute atomic E-state index is 9.30. The normalized spacial score (nSPS) is 12.5. The number of hydrogen-bond donors (Lipinski definition) is 1. The third-order valence-electron chi connectivity index (χ3n) is 2.25. The van der Waals surface area contributed by atoms with Crippen LogP contribution in [0.25, 0.3) is 0 Å². The third-order valence-corrected chi connectivity index (χ3v) is 2.25. The zero-order chi connectivity index (χ0) is 10.4. The van der Waals surface area contributed by atoms with Gasteiger partial charge in [0.25, 0.3) is 0 Å². The van der Waals surface area contributed by atoms with Crippen molar-refractivity contribution >= 4 is 0 Å². The van der Waals surface area contributed by atoms with Gasteiger partial charge in [0.05, 0.1) is 6.10 Å². The van der Waals surface area contributed by atoms with Crippen molar-refractivity contribution in [1.29, 1.82) is 0 Å². The molecule has 0 fully saturated rings. The maximum atomic E-state index is 9.30. The Morgan fingerprint density at radius 3 is 2.36 bits per heavy atom. The molecular weight excluding hydrogens is 176 g/mol. The highest BCUT2D eigenvalue weighted by atomic mass is 16.5. The summed E-state index contributed by atoms with van der Waals surface area (Å²) in [5, 5.41) is 9.30. The van der Waals surface area contributed by atoms with Crippen LogP contribution in [0.1, 0.15) is 25.8 Å². The van der Waals surface area contributed by atoms with Crippen LogP contribution in [0, 0.1) is 0 Å². The first-order valence-electron chi connectivity index (χ1n) is 5.16. The number of aryl methyl sites for hydroxylation is 1. The van der Waals surface area contributed by atoms with Crippen molar-refractivity contribution in [1.82, 2.24) is 0 Å². The fraction of sp³-hybridized carbons (Fsp3) is 0.500. The van der Waals surface area contributed by atoms with Crippen LogP contribution in [0.2, 0.25) is 0 Å². The van der Waals surface area contributed by atoms with E-state index in [1.165, 1.54) is 5.56 Å². The van der Waals surface area contributed by atoms with Gasteiger partial charge < -0.3 is 9.84 Å². The zero-order valence-corrected chi connectivity index (χ0v) is 8.86. The average molecular weight is 194 g/mol. The van der Waals surface area contributed by atoms with E-state index in [0.29, 0.717) is 6.61 Å². The summed E-state index contributed by atoms with van der Waals surface area (Å²) in [4.78, 5) is 0. The molecule has 0 bridgehead atoms. The van der Waals surface area contributed by atoms with Gasteiger partial charge in [0.1, 0.15) is 12.4 Å². The highest BCUT2D eigenvalue weighted by molar-refractivity contribution is 5.27. The molecule has 1 unspecified atom stereocenters. The van der Waals surface area contributed by atoms with Gasteiger partial charge in [-0.1, -0.05) is 26.0 Å². The molecule has 14 heavy (non-hydrogen) atoms. The van der Waals surface area contributed by atoms with Crippen molar-refractivity contribution in [2.24, 2.45) is 0 Å². The van der Waals surface area contributed by atoms with Crippen LogP contribution >= 0.6 is 0 Å². The van der Waals surface area contributed by atoms with Gasteiger partial charge >= 0.3 is 0 Å². The molecule has 0 aliphatic heterocycles. The molecule has 0 spiro atoms. The Kier molecular flexibility index (Phi) is 4.47. The molecule has 0 heterocycles. The molecule has 0 aliphatic rings. The lowest BCUT2D eigenvalue weighted by molar-refractivity contribution is 0.104. The van der Waals surface area contributed by atoms with Crippen molar-refractivity contribution in [3.05, 3.63) is 29.8 Å². The minimum atomic E-state index is -0.360. The Bertz CT molecular complexity index is 254. The van der Waals surface area contributed by atoms with Gasteiger partial charge in [0.15, 0.2) is 0 Å². The van der Waals surface area contributed by atoms with Crippen molar-refractivity contribution < 1.29 is 9.84 Å². The predicted molar refractivity (Wildman–Crippen MR) is 57.6 cm³/mol. The quantitative estimate of drug-likeness (QED) is 0.780. The van der Waals surface area contributed by atoms with E-state index in [1.807, 2.05) is 31.2 Å². The van der Waals surface area contributed by atoms with Crippen molar-refractivity contribution in [3.63, 3.8) is 0 Å². The Morgan fingerprint density at radius 1 is 1.21 bits per heavy atom. The van der Waals surface area contributed by atoms with Crippen LogP contribution < -0.4 is 4.74 Å². The molecule has 2 nitrogen and oxygen atoms in total. The highest BCUT2D eigenvalue weighted by Crippen LogP contribution is 2.12. The standard InChI is InChI=1S/C12H18O2/c1-3-10-5-7-12(8-6-10)14-9-11(13)4-2/h5-8,11,13H,3-4,9H2,1-2H3. The molecule has 78 valence electrons. The molecule has 1 aromatic carbocycles. The number of aliphatic hydroxyl groups excluding tert-OH is 1. The molecule has 0 saturated heterocycles. The average Bonchev–Trinajstić information content (AvgIpc) is 2.26. The van der Waals surface area contributed by atoms with E-state index in [0.717, 1.165) is 18.6 Å². The monoisotopic (exact) mass is 194 g/mol. The Morgan fingerprint density at radius 2 is 1.86 bits per heavy atom. The van der Waals surface area contributed by atoms with E-state index in [9.17, 15) is 5.11 Å². The molecular formula is C12H18O2. The van der Waals surface area contributed by atoms with Gasteiger partial charge in [-0.3, -0.25) is 0 Å². The van der Waals surface area contributed by atoms with E-state index in [2.05, 4.69) is 6.92 Å². The molecule has 2 heteroatoms. The second-order valence-corrected chi connectivity index (χ2v) is 3.37. The summed E-state index contributed by atoms with van der Waals surface area (Å²) in [5.41, 5.74) is 1.30. The zero-order valence-electron chi connectivity index (χ0n) is 8.86. The molecule has 0 aromatic heterocycles. The lowest BCUT2D eigenvalue weighted by Gasteiger charge is -2.10. The number of ether oxygens (including phenoxy) is 1. The van der Waals surface area contributed by atoms with Crippen molar-refractivity contribution in [3.8, 4) is 5.75 Å². The largest absolute Gasteiger partial charge is 0.491 e. The summed E-state index contributed by atoms with van der Waals surface area (Å²) in [6.07, 6.45) is 1.41. The van der Waals surface area contributed by atoms with Crippen LogP contribution in [0.3, 0.4) is 0 Å². The minimum absolute atomic E-state index is 0.360. The summed E-state index contributed by atoms with van der Waals surface area (Å²) in [5.74, 6) is 0.828. The summed E-state index contributed by atoms with van der Waals surface area (Å²) in [7, 11) is 0. The topological polar surface area (TPSA) is 29.5 Å². The van der Waals surface area contributed by atoms with Gasteiger partial charge in [-0.15, -0.1) is 0 Å². The first-order valence-corrected chi connectivity index (χ1v) is 5.16. The van der Waals surface area contributed by atoms with Crippen LogP contribution in [-0.2, 0) is 6.42 Å². The second kappa shape index (κ2) is 5.66. The fourth-order valence-corrected chi connectivity index (χ4v) is 1.13. The van der Waals surface area contributed by atoms with Gasteiger partial charge in [0, 0.05) is 0 Å². The molecule has 1 aromatic rings. The van der Waals surface area contributed by atoms with Crippen LogP contribution in [0.4, 0.5) is 0 Å². The van der Waals surface area contributed by atoms with Crippen LogP contribution in [0.5, 0.6) is 5.75 Å². The number of hydrogen-bond acceptors (Lipinski definition) is 2. The summed E-state index contributed by atoms with van der Waals surface area (Å²) in [6.45, 7) is 4.44. The smallest absolute Gasteiger partial charge is 0.119 e. The van der Waals surface area contributed by atoms with E-state index < -0.39 is 0 Å². The molecule has 0 saturated carbocycles. The van der Waals surface area contributed by atoms with Gasteiger partial charge in [-0.2, -0.15) is 0 Å². The van der Waals surface area contributed by atoms with Gasteiger partial charge in [-0.05, 0) is 30.5 Å². The lowest BCUT2D eigenvalue weighted by Crippen LogP contribution is -2.15. The summed E-state index contributed by atoms with van der Waals surface area (Å²) in [6, 6.07) is 7.99. The maximum Gasteiger partial charge on any atom is 0.119 e. The van der Waals surface area contributed by atoms with Gasteiger partial charge in [0.2, 0.25) is 0 Å². The van der Waals surface area contributed by atoms with Crippen LogP contribution in [0.15, 0.2) is 24.3 Å². The van der Waals surface area contributed by atoms with Crippen molar-refractivity contribution in [2.75, 3.05) is 6.61 Å². The fourth-order valence-electron chi connectivity index (χ4n) is 1.13. The number of rotatable bonds is 5. The van der Waals surface area contributed by atoms with E-state index >= 15 is 0 Å². The Hall–Kier alpha value is -1.02. The Labute approximate surface area is 85.5 Å². The van der Waals surface area contributed by atoms with Crippen LogP contribution in [-0.4, -0.2) is 17.8 Å². The van der Waals surface area contributed by atoms with E-state index in [1.54, 1.807) is 0 Å². The highest BCUT2D eigenvalue weighted by Gasteiger charge is 2.01. The lowest BCUT2D eigenvalue weighted by atomic mass is 10.2. The number of aliphatic hydroxyl groups is 1. The predicted octanol–water partition coefficient (Wildman–Crippen LogP) is 2.40. The molecule has 0 aliphatic carbocycles. The minimum Gasteiger partial charge on any atom is -0.491 e. The Balaban J connectivity index is 2.43. The van der Waals surface area contributed by atoms with E-state index in [4.69, 9.17) is 4.74 Å². The molecule has 1 rings (SSSR count). The van der Waals surface area contributed by atoms with Gasteiger partial charge in [-0.25, -0.2) is 0 Å². The first kappa shape index (κ1) is 11.1. The SMILES string of the molecule is CCc1ccc(OCC(O)CC)cc1. The third kappa shape index (κ3) is 3.38. The van der Waals surface area contributed by atoms with Crippen molar-refractivity contribution in [2.45, 2.75) is 32.8 Å². The molecule has 1 N–H and O–H groups in total. The molecule has 0 amide bonds. The summed E-state index contributed by atoms with van der Waals surface area (Å²) >= 11 is 0. The number of benzene rings is 1. The second-order valence-electron chi connectivity index (χ2n) is 3.37.